The molecule has 14 heavy (non-hydrogen) atoms. The maximum Gasteiger partial charge on any atom is 0.320 e. The molecule has 1 saturated heterocycles. The molecule has 78 valence electrons. The summed E-state index contributed by atoms with van der Waals surface area (Å²) in [5.41, 5.74) is -1.11. The normalized spacial score (nSPS) is 46.3. The highest BCUT2D eigenvalue weighted by molar-refractivity contribution is 5.74. The Kier molecular flexibility index (Phi) is 2.10. The zero-order chi connectivity index (χ0) is 10.3. The Labute approximate surface area is 81.1 Å². The maximum absolute atomic E-state index is 10.7. The summed E-state index contributed by atoms with van der Waals surface area (Å²) in [5, 5.41) is 30.9. The lowest BCUT2D eigenvalue weighted by Crippen LogP contribution is -2.46. The molecule has 0 spiro atoms. The minimum Gasteiger partial charge on any atom is -0.480 e. The number of aliphatic hydroxyl groups is 2. The van der Waals surface area contributed by atoms with E-state index in [1.54, 1.807) is 0 Å². The Balaban J connectivity index is 2.18. The lowest BCUT2D eigenvalue weighted by atomic mass is 9.85. The minimum absolute atomic E-state index is 0.163. The summed E-state index contributed by atoms with van der Waals surface area (Å²) in [6, 6.07) is -1.08. The zero-order valence-corrected chi connectivity index (χ0v) is 7.55. The average Bonchev–Trinajstić information content (AvgIpc) is 2.43. The number of nitrogens with one attached hydrogen (secondary N) is 1. The molecule has 1 fully saturated rings. The van der Waals surface area contributed by atoms with Crippen molar-refractivity contribution < 1.29 is 20.1 Å². The number of fused-ring (bicyclic) bond motifs is 1. The van der Waals surface area contributed by atoms with Crippen molar-refractivity contribution in [3.8, 4) is 0 Å². The van der Waals surface area contributed by atoms with E-state index in [1.807, 2.05) is 0 Å². The summed E-state index contributed by atoms with van der Waals surface area (Å²) in [4.78, 5) is 10.7. The van der Waals surface area contributed by atoms with Crippen molar-refractivity contribution in [1.29, 1.82) is 0 Å². The zero-order valence-electron chi connectivity index (χ0n) is 7.55. The molecule has 0 saturated carbocycles. The van der Waals surface area contributed by atoms with Crippen LogP contribution in [0.4, 0.5) is 0 Å². The van der Waals surface area contributed by atoms with E-state index < -0.39 is 23.7 Å². The SMILES string of the molecule is O=C(O)[C@@H]1C[C@@]2(O)C=C[C@@H](O)C[C@H]2N1. The third-order valence-electron chi connectivity index (χ3n) is 2.92. The number of aliphatic carboxylic acids is 1. The van der Waals surface area contributed by atoms with E-state index in [9.17, 15) is 15.0 Å². The van der Waals surface area contributed by atoms with Crippen LogP contribution in [0.3, 0.4) is 0 Å². The summed E-state index contributed by atoms with van der Waals surface area (Å²) in [5.74, 6) is -0.962. The van der Waals surface area contributed by atoms with Gasteiger partial charge in [0.1, 0.15) is 11.6 Å². The first kappa shape index (κ1) is 9.64. The molecule has 0 aromatic carbocycles. The minimum atomic E-state index is -1.11. The van der Waals surface area contributed by atoms with Crippen LogP contribution in [0, 0.1) is 0 Å². The third-order valence-corrected chi connectivity index (χ3v) is 2.92. The van der Waals surface area contributed by atoms with Crippen LogP contribution in [-0.4, -0.2) is 45.1 Å². The molecular formula is C9H13NO4. The number of hydrogen-bond acceptors (Lipinski definition) is 4. The molecule has 0 bridgehead atoms. The molecule has 1 aliphatic carbocycles. The van der Waals surface area contributed by atoms with Crippen LogP contribution in [-0.2, 0) is 4.79 Å². The fraction of sp³-hybridized carbons (Fsp3) is 0.667. The Morgan fingerprint density at radius 1 is 1.57 bits per heavy atom. The molecular weight excluding hydrogens is 186 g/mol. The fourth-order valence-electron chi connectivity index (χ4n) is 2.13. The van der Waals surface area contributed by atoms with Crippen molar-refractivity contribution in [3.63, 3.8) is 0 Å². The first-order chi connectivity index (χ1) is 6.51. The topological polar surface area (TPSA) is 89.8 Å². The van der Waals surface area contributed by atoms with Gasteiger partial charge in [-0.2, -0.15) is 0 Å². The summed E-state index contributed by atoms with van der Waals surface area (Å²) >= 11 is 0. The number of hydrogen-bond donors (Lipinski definition) is 4. The molecule has 4 N–H and O–H groups in total. The third kappa shape index (κ3) is 1.43. The highest BCUT2D eigenvalue weighted by Gasteiger charge is 2.48. The number of carbonyl (C=O) groups is 1. The molecule has 4 atom stereocenters. The maximum atomic E-state index is 10.7. The number of carboxylic acids is 1. The summed E-state index contributed by atoms with van der Waals surface area (Å²) in [6.07, 6.45) is 2.94. The van der Waals surface area contributed by atoms with Gasteiger partial charge in [-0.25, -0.2) is 0 Å². The predicted octanol–water partition coefficient (Wildman–Crippen LogP) is -1.15. The smallest absolute Gasteiger partial charge is 0.320 e. The molecule has 1 heterocycles. The van der Waals surface area contributed by atoms with Crippen molar-refractivity contribution in [2.45, 2.75) is 36.6 Å². The van der Waals surface area contributed by atoms with Gasteiger partial charge in [-0.15, -0.1) is 0 Å². The Hall–Kier alpha value is -0.910. The van der Waals surface area contributed by atoms with Crippen molar-refractivity contribution >= 4 is 5.97 Å². The van der Waals surface area contributed by atoms with Crippen LogP contribution in [0.1, 0.15) is 12.8 Å². The summed E-state index contributed by atoms with van der Waals surface area (Å²) in [6.45, 7) is 0. The van der Waals surface area contributed by atoms with Crippen LogP contribution < -0.4 is 5.32 Å². The van der Waals surface area contributed by atoms with Crippen molar-refractivity contribution in [2.24, 2.45) is 0 Å². The van der Waals surface area contributed by atoms with Gasteiger partial charge in [0, 0.05) is 12.5 Å². The number of aliphatic hydroxyl groups excluding tert-OH is 1. The van der Waals surface area contributed by atoms with Crippen LogP contribution in [0.2, 0.25) is 0 Å². The van der Waals surface area contributed by atoms with Gasteiger partial charge in [-0.05, 0) is 6.42 Å². The second-order valence-corrected chi connectivity index (χ2v) is 3.97. The van der Waals surface area contributed by atoms with Gasteiger partial charge in [-0.1, -0.05) is 12.2 Å². The second-order valence-electron chi connectivity index (χ2n) is 3.97. The molecule has 0 amide bonds. The number of rotatable bonds is 1. The second kappa shape index (κ2) is 3.05. The van der Waals surface area contributed by atoms with Crippen molar-refractivity contribution in [2.75, 3.05) is 0 Å². The van der Waals surface area contributed by atoms with Crippen LogP contribution in [0.5, 0.6) is 0 Å². The average molecular weight is 199 g/mol. The van der Waals surface area contributed by atoms with Gasteiger partial charge in [-0.3, -0.25) is 10.1 Å². The van der Waals surface area contributed by atoms with Gasteiger partial charge >= 0.3 is 5.97 Å². The molecule has 0 aromatic heterocycles. The molecule has 0 radical (unpaired) electrons. The van der Waals surface area contributed by atoms with E-state index in [4.69, 9.17) is 5.11 Å². The van der Waals surface area contributed by atoms with Gasteiger partial charge in [0.2, 0.25) is 0 Å². The fourth-order valence-corrected chi connectivity index (χ4v) is 2.13. The molecule has 0 unspecified atom stereocenters. The van der Waals surface area contributed by atoms with Gasteiger partial charge in [0.25, 0.3) is 0 Å². The first-order valence-corrected chi connectivity index (χ1v) is 4.60. The molecule has 2 rings (SSSR count). The molecule has 5 heteroatoms. The molecule has 2 aliphatic rings. The lowest BCUT2D eigenvalue weighted by Gasteiger charge is -2.31. The van der Waals surface area contributed by atoms with E-state index in [1.165, 1.54) is 12.2 Å². The Morgan fingerprint density at radius 2 is 2.29 bits per heavy atom. The van der Waals surface area contributed by atoms with Crippen LogP contribution in [0.15, 0.2) is 12.2 Å². The highest BCUT2D eigenvalue weighted by atomic mass is 16.4. The van der Waals surface area contributed by atoms with Gasteiger partial charge in [0.15, 0.2) is 0 Å². The van der Waals surface area contributed by atoms with Crippen LogP contribution in [0.25, 0.3) is 0 Å². The molecule has 5 nitrogen and oxygen atoms in total. The van der Waals surface area contributed by atoms with Gasteiger partial charge in [0.05, 0.1) is 6.10 Å². The quantitative estimate of drug-likeness (QED) is 0.400. The molecule has 1 aliphatic heterocycles. The number of carboxylic acid groups (broad SMARTS) is 1. The predicted molar refractivity (Wildman–Crippen MR) is 47.7 cm³/mol. The largest absolute Gasteiger partial charge is 0.480 e. The highest BCUT2D eigenvalue weighted by Crippen LogP contribution is 2.33. The van der Waals surface area contributed by atoms with Crippen LogP contribution >= 0.6 is 0 Å². The Morgan fingerprint density at radius 3 is 2.93 bits per heavy atom. The van der Waals surface area contributed by atoms with E-state index in [2.05, 4.69) is 5.32 Å². The van der Waals surface area contributed by atoms with Crippen molar-refractivity contribution in [1.82, 2.24) is 5.32 Å². The standard InChI is InChI=1S/C9H13NO4/c11-5-1-2-9(14)4-6(8(12)13)10-7(9)3-5/h1-2,5-7,10-11,14H,3-4H2,(H,12,13)/t5-,6+,7-,9+/m1/s1. The van der Waals surface area contributed by atoms with E-state index >= 15 is 0 Å². The van der Waals surface area contributed by atoms with E-state index in [-0.39, 0.29) is 12.5 Å². The van der Waals surface area contributed by atoms with Gasteiger partial charge < -0.3 is 15.3 Å². The van der Waals surface area contributed by atoms with Crippen molar-refractivity contribution in [3.05, 3.63) is 12.2 Å². The lowest BCUT2D eigenvalue weighted by molar-refractivity contribution is -0.139. The first-order valence-electron chi connectivity index (χ1n) is 4.60. The van der Waals surface area contributed by atoms with E-state index in [0.717, 1.165) is 0 Å². The molecule has 0 aromatic rings. The monoisotopic (exact) mass is 199 g/mol. The summed E-state index contributed by atoms with van der Waals surface area (Å²) < 4.78 is 0. The van der Waals surface area contributed by atoms with E-state index in [0.29, 0.717) is 6.42 Å². The summed E-state index contributed by atoms with van der Waals surface area (Å²) in [7, 11) is 0. The Bertz CT molecular complexity index is 291.